The molecule has 2 aromatic rings. The molecule has 2 heterocycles. The van der Waals surface area contributed by atoms with Gasteiger partial charge in [0.25, 0.3) is 11.7 Å². The number of carboxylic acid groups (broad SMARTS) is 1. The minimum Gasteiger partial charge on any atom is -0.481 e. The van der Waals surface area contributed by atoms with Crippen molar-refractivity contribution in [3.8, 4) is 0 Å². The van der Waals surface area contributed by atoms with Crippen molar-refractivity contribution < 1.29 is 19.2 Å². The summed E-state index contributed by atoms with van der Waals surface area (Å²) in [4.78, 5) is 29.8. The second-order valence-electron chi connectivity index (χ2n) is 3.70. The summed E-state index contributed by atoms with van der Waals surface area (Å²) in [5.41, 5.74) is 0.822. The van der Waals surface area contributed by atoms with Crippen LogP contribution in [-0.2, 0) is 11.2 Å². The number of carbonyl (C=O) groups is 2. The maximum atomic E-state index is 11.7. The van der Waals surface area contributed by atoms with E-state index in [2.05, 4.69) is 25.0 Å². The van der Waals surface area contributed by atoms with Crippen LogP contribution in [0.3, 0.4) is 0 Å². The molecule has 0 spiro atoms. The number of carboxylic acids is 1. The van der Waals surface area contributed by atoms with Crippen molar-refractivity contribution in [2.45, 2.75) is 13.3 Å². The number of aliphatic carboxylic acids is 1. The SMILES string of the molecule is Cc1nc(C(=O)Nc2ccc(CC(=O)O)nc2)no1. The molecule has 0 atom stereocenters. The summed E-state index contributed by atoms with van der Waals surface area (Å²) in [7, 11) is 0. The van der Waals surface area contributed by atoms with Crippen molar-refractivity contribution in [1.82, 2.24) is 15.1 Å². The topological polar surface area (TPSA) is 118 Å². The summed E-state index contributed by atoms with van der Waals surface area (Å²) in [5, 5.41) is 14.6. The summed E-state index contributed by atoms with van der Waals surface area (Å²) in [6.45, 7) is 1.58. The van der Waals surface area contributed by atoms with Gasteiger partial charge >= 0.3 is 5.97 Å². The number of hydrogen-bond acceptors (Lipinski definition) is 6. The molecule has 0 aromatic carbocycles. The number of nitrogens with zero attached hydrogens (tertiary/aromatic N) is 3. The van der Waals surface area contributed by atoms with E-state index in [1.54, 1.807) is 13.0 Å². The molecule has 0 saturated carbocycles. The number of aryl methyl sites for hydroxylation is 1. The van der Waals surface area contributed by atoms with Crippen molar-refractivity contribution in [2.24, 2.45) is 0 Å². The maximum Gasteiger partial charge on any atom is 0.309 e. The third-order valence-electron chi connectivity index (χ3n) is 2.15. The smallest absolute Gasteiger partial charge is 0.309 e. The van der Waals surface area contributed by atoms with Crippen LogP contribution in [0.25, 0.3) is 0 Å². The average Bonchev–Trinajstić information content (AvgIpc) is 2.78. The van der Waals surface area contributed by atoms with Gasteiger partial charge in [0.2, 0.25) is 5.89 Å². The first-order chi connectivity index (χ1) is 9.04. The Morgan fingerprint density at radius 2 is 2.21 bits per heavy atom. The molecule has 2 aromatic heterocycles. The summed E-state index contributed by atoms with van der Waals surface area (Å²) >= 11 is 0. The van der Waals surface area contributed by atoms with Crippen molar-refractivity contribution >= 4 is 17.6 Å². The summed E-state index contributed by atoms with van der Waals surface area (Å²) in [6.07, 6.45) is 1.20. The highest BCUT2D eigenvalue weighted by Gasteiger charge is 2.13. The van der Waals surface area contributed by atoms with Crippen LogP contribution < -0.4 is 5.32 Å². The van der Waals surface area contributed by atoms with E-state index in [-0.39, 0.29) is 12.2 Å². The Hall–Kier alpha value is -2.77. The van der Waals surface area contributed by atoms with Gasteiger partial charge in [0, 0.05) is 6.92 Å². The molecule has 2 rings (SSSR count). The summed E-state index contributed by atoms with van der Waals surface area (Å²) in [6, 6.07) is 3.07. The fourth-order valence-electron chi connectivity index (χ4n) is 1.34. The number of carbonyl (C=O) groups excluding carboxylic acids is 1. The molecule has 0 unspecified atom stereocenters. The predicted molar refractivity (Wildman–Crippen MR) is 62.6 cm³/mol. The van der Waals surface area contributed by atoms with Crippen LogP contribution in [0.4, 0.5) is 5.69 Å². The van der Waals surface area contributed by atoms with E-state index in [0.29, 0.717) is 17.3 Å². The zero-order valence-electron chi connectivity index (χ0n) is 9.95. The van der Waals surface area contributed by atoms with Crippen LogP contribution in [0.2, 0.25) is 0 Å². The average molecular weight is 262 g/mol. The third kappa shape index (κ3) is 3.35. The lowest BCUT2D eigenvalue weighted by molar-refractivity contribution is -0.136. The zero-order chi connectivity index (χ0) is 13.8. The zero-order valence-corrected chi connectivity index (χ0v) is 9.95. The second kappa shape index (κ2) is 5.25. The predicted octanol–water partition coefficient (Wildman–Crippen LogP) is 0.652. The number of anilines is 1. The van der Waals surface area contributed by atoms with Crippen LogP contribution in [0.15, 0.2) is 22.9 Å². The van der Waals surface area contributed by atoms with Crippen LogP contribution in [-0.4, -0.2) is 32.1 Å². The lowest BCUT2D eigenvalue weighted by Gasteiger charge is -2.02. The number of nitrogens with one attached hydrogen (secondary N) is 1. The standard InChI is InChI=1S/C11H10N4O4/c1-6-13-10(15-19-6)11(18)14-8-3-2-7(12-5-8)4-9(16)17/h2-3,5H,4H2,1H3,(H,14,18)(H,16,17). The molecule has 0 saturated heterocycles. The molecule has 8 heteroatoms. The van der Waals surface area contributed by atoms with Crippen LogP contribution in [0.1, 0.15) is 22.2 Å². The van der Waals surface area contributed by atoms with Gasteiger partial charge in [-0.3, -0.25) is 14.6 Å². The molecule has 19 heavy (non-hydrogen) atoms. The van der Waals surface area contributed by atoms with E-state index in [4.69, 9.17) is 5.11 Å². The molecule has 0 aliphatic heterocycles. The molecule has 0 bridgehead atoms. The van der Waals surface area contributed by atoms with Gasteiger partial charge in [0.1, 0.15) is 0 Å². The fraction of sp³-hybridized carbons (Fsp3) is 0.182. The van der Waals surface area contributed by atoms with E-state index in [1.165, 1.54) is 12.3 Å². The Labute approximate surface area is 107 Å². The van der Waals surface area contributed by atoms with Gasteiger partial charge in [-0.25, -0.2) is 0 Å². The Morgan fingerprint density at radius 1 is 1.42 bits per heavy atom. The monoisotopic (exact) mass is 262 g/mol. The number of pyridine rings is 1. The molecule has 1 amide bonds. The first-order valence-corrected chi connectivity index (χ1v) is 5.33. The Kier molecular flexibility index (Phi) is 3.51. The van der Waals surface area contributed by atoms with Gasteiger partial charge in [0.15, 0.2) is 0 Å². The van der Waals surface area contributed by atoms with E-state index in [0.717, 1.165) is 0 Å². The van der Waals surface area contributed by atoms with Crippen LogP contribution in [0.5, 0.6) is 0 Å². The number of amides is 1. The quantitative estimate of drug-likeness (QED) is 0.830. The largest absolute Gasteiger partial charge is 0.481 e. The van der Waals surface area contributed by atoms with Gasteiger partial charge in [-0.15, -0.1) is 0 Å². The summed E-state index contributed by atoms with van der Waals surface area (Å²) in [5.74, 6) is -1.27. The summed E-state index contributed by atoms with van der Waals surface area (Å²) < 4.78 is 4.68. The van der Waals surface area contributed by atoms with Gasteiger partial charge in [-0.1, -0.05) is 5.16 Å². The van der Waals surface area contributed by atoms with Crippen LogP contribution >= 0.6 is 0 Å². The first kappa shape index (κ1) is 12.7. The van der Waals surface area contributed by atoms with Gasteiger partial charge in [-0.05, 0) is 12.1 Å². The second-order valence-corrected chi connectivity index (χ2v) is 3.70. The number of aromatic nitrogens is 3. The number of rotatable bonds is 4. The van der Waals surface area contributed by atoms with Crippen LogP contribution in [0, 0.1) is 6.92 Å². The highest BCUT2D eigenvalue weighted by molar-refractivity contribution is 6.01. The fourth-order valence-corrected chi connectivity index (χ4v) is 1.34. The highest BCUT2D eigenvalue weighted by Crippen LogP contribution is 2.08. The third-order valence-corrected chi connectivity index (χ3v) is 2.15. The van der Waals surface area contributed by atoms with E-state index < -0.39 is 11.9 Å². The Morgan fingerprint density at radius 3 is 2.74 bits per heavy atom. The van der Waals surface area contributed by atoms with Gasteiger partial charge in [-0.2, -0.15) is 4.98 Å². The molecule has 0 radical (unpaired) electrons. The minimum absolute atomic E-state index is 0.0767. The lowest BCUT2D eigenvalue weighted by atomic mass is 10.2. The normalized spacial score (nSPS) is 10.2. The van der Waals surface area contributed by atoms with E-state index in [9.17, 15) is 9.59 Å². The molecular formula is C11H10N4O4. The molecular weight excluding hydrogens is 252 g/mol. The van der Waals surface area contributed by atoms with Crippen molar-refractivity contribution in [3.05, 3.63) is 35.7 Å². The Balaban J connectivity index is 2.03. The van der Waals surface area contributed by atoms with Crippen molar-refractivity contribution in [2.75, 3.05) is 5.32 Å². The molecule has 0 aliphatic rings. The van der Waals surface area contributed by atoms with Crippen molar-refractivity contribution in [1.29, 1.82) is 0 Å². The lowest BCUT2D eigenvalue weighted by Crippen LogP contribution is -2.14. The van der Waals surface area contributed by atoms with E-state index >= 15 is 0 Å². The first-order valence-electron chi connectivity index (χ1n) is 5.33. The Bertz CT molecular complexity index is 605. The molecule has 8 nitrogen and oxygen atoms in total. The molecule has 0 fully saturated rings. The molecule has 98 valence electrons. The molecule has 0 aliphatic carbocycles. The van der Waals surface area contributed by atoms with E-state index in [1.807, 2.05) is 0 Å². The number of hydrogen-bond donors (Lipinski definition) is 2. The van der Waals surface area contributed by atoms with Gasteiger partial charge < -0.3 is 14.9 Å². The highest BCUT2D eigenvalue weighted by atomic mass is 16.5. The minimum atomic E-state index is -0.966. The molecule has 2 N–H and O–H groups in total. The van der Waals surface area contributed by atoms with Crippen molar-refractivity contribution in [3.63, 3.8) is 0 Å². The maximum absolute atomic E-state index is 11.7. The van der Waals surface area contributed by atoms with Gasteiger partial charge in [0.05, 0.1) is 24.0 Å².